The summed E-state index contributed by atoms with van der Waals surface area (Å²) in [4.78, 5) is 0.421. The Kier molecular flexibility index (Phi) is 5.85. The van der Waals surface area contributed by atoms with Crippen molar-refractivity contribution in [2.75, 3.05) is 6.26 Å². The molecule has 4 heteroatoms. The van der Waals surface area contributed by atoms with Crippen LogP contribution in [0.15, 0.2) is 120 Å². The van der Waals surface area contributed by atoms with Crippen molar-refractivity contribution in [3.8, 4) is 0 Å². The summed E-state index contributed by atoms with van der Waals surface area (Å²) < 4.78 is 25.1. The van der Waals surface area contributed by atoms with E-state index in [-0.39, 0.29) is 0 Å². The van der Waals surface area contributed by atoms with Gasteiger partial charge in [-0.25, -0.2) is 0 Å². The minimum absolute atomic E-state index is 0.421. The van der Waals surface area contributed by atoms with Gasteiger partial charge in [0.2, 0.25) is 0 Å². The van der Waals surface area contributed by atoms with Gasteiger partial charge in [-0.05, 0) is 0 Å². The summed E-state index contributed by atoms with van der Waals surface area (Å²) in [5.41, 5.74) is 0.878. The van der Waals surface area contributed by atoms with Crippen molar-refractivity contribution < 1.29 is 8.42 Å². The summed E-state index contributed by atoms with van der Waals surface area (Å²) in [6, 6.07) is 39.1. The van der Waals surface area contributed by atoms with Crippen molar-refractivity contribution in [1.82, 2.24) is 0 Å². The topological polar surface area (TPSA) is 34.1 Å². The normalized spacial score (nSPS) is 12.4. The zero-order valence-electron chi connectivity index (χ0n) is 16.9. The molecule has 0 bridgehead atoms. The Balaban J connectivity index is 2.05. The summed E-state index contributed by atoms with van der Waals surface area (Å²) in [5.74, 6) is 0. The van der Waals surface area contributed by atoms with Crippen LogP contribution in [0, 0.1) is 0 Å². The van der Waals surface area contributed by atoms with Crippen LogP contribution in [0.1, 0.15) is 5.56 Å². The number of sulfone groups is 1. The maximum absolute atomic E-state index is 12.6. The molecule has 0 aliphatic carbocycles. The molecule has 0 radical (unpaired) electrons. The second kappa shape index (κ2) is 8.55. The van der Waals surface area contributed by atoms with Crippen molar-refractivity contribution in [3.63, 3.8) is 0 Å². The van der Waals surface area contributed by atoms with Crippen LogP contribution in [-0.4, -0.2) is 14.7 Å². The summed E-state index contributed by atoms with van der Waals surface area (Å²) in [6.07, 6.45) is 1.97. The molecule has 0 saturated carbocycles. The van der Waals surface area contributed by atoms with Gasteiger partial charge in [-0.3, -0.25) is 0 Å². The fourth-order valence-corrected chi connectivity index (χ4v) is 10.1. The zero-order valence-corrected chi connectivity index (χ0v) is 18.7. The molecular weight excluding hydrogens is 407 g/mol. The van der Waals surface area contributed by atoms with Crippen molar-refractivity contribution in [2.24, 2.45) is 0 Å². The molecule has 0 amide bonds. The number of rotatable bonds is 6. The Morgan fingerprint density at radius 2 is 0.933 bits per heavy atom. The van der Waals surface area contributed by atoms with Crippen LogP contribution in [0.4, 0.5) is 0 Å². The van der Waals surface area contributed by atoms with Crippen LogP contribution in [0.5, 0.6) is 0 Å². The van der Waals surface area contributed by atoms with E-state index in [0.717, 1.165) is 5.56 Å². The molecule has 0 atom stereocenters. The van der Waals surface area contributed by atoms with E-state index in [2.05, 4.69) is 72.8 Å². The van der Waals surface area contributed by atoms with Gasteiger partial charge in [0.25, 0.3) is 0 Å². The third-order valence-electron chi connectivity index (χ3n) is 5.63. The van der Waals surface area contributed by atoms with Gasteiger partial charge in [0.15, 0.2) is 0 Å². The Morgan fingerprint density at radius 1 is 0.567 bits per heavy atom. The van der Waals surface area contributed by atoms with Gasteiger partial charge in [-0.1, -0.05) is 0 Å². The SMILES string of the molecule is CS(=O)(=O)c1ccccc1C[PH](c1ccccc1)(c1ccccc1)c1ccccc1. The molecule has 0 saturated heterocycles. The first kappa shape index (κ1) is 20.5. The van der Waals surface area contributed by atoms with Gasteiger partial charge in [0.05, 0.1) is 0 Å². The summed E-state index contributed by atoms with van der Waals surface area (Å²) >= 11 is 0. The Bertz CT molecular complexity index is 1130. The fraction of sp³-hybridized carbons (Fsp3) is 0.0769. The molecule has 2 nitrogen and oxygen atoms in total. The van der Waals surface area contributed by atoms with Crippen molar-refractivity contribution in [1.29, 1.82) is 0 Å². The van der Waals surface area contributed by atoms with E-state index in [4.69, 9.17) is 0 Å². The van der Waals surface area contributed by atoms with Gasteiger partial charge in [-0.15, -0.1) is 0 Å². The fourth-order valence-electron chi connectivity index (χ4n) is 4.27. The van der Waals surface area contributed by atoms with Crippen molar-refractivity contribution >= 4 is 33.0 Å². The molecule has 0 unspecified atom stereocenters. The standard InChI is InChI=1S/C26H25O2PS/c1-30(27,28)26-20-12-11-13-22(26)21-29(23-14-5-2-6-15-23,24-16-7-3-8-17-24)25-18-9-4-10-19-25/h2-20,29H,21H2,1H3. The average Bonchev–Trinajstić information content (AvgIpc) is 2.79. The third kappa shape index (κ3) is 3.96. The van der Waals surface area contributed by atoms with Crippen LogP contribution in [0.25, 0.3) is 0 Å². The van der Waals surface area contributed by atoms with Crippen LogP contribution >= 0.6 is 7.26 Å². The van der Waals surface area contributed by atoms with Crippen LogP contribution in [0.2, 0.25) is 0 Å². The molecule has 4 aromatic carbocycles. The van der Waals surface area contributed by atoms with E-state index < -0.39 is 17.1 Å². The van der Waals surface area contributed by atoms with E-state index in [1.54, 1.807) is 12.1 Å². The Hall–Kier alpha value is -2.74. The Labute approximate surface area is 179 Å². The van der Waals surface area contributed by atoms with E-state index in [1.807, 2.05) is 30.3 Å². The molecule has 0 heterocycles. The summed E-state index contributed by atoms with van der Waals surface area (Å²) in [6.45, 7) is 0. The van der Waals surface area contributed by atoms with Crippen LogP contribution in [-0.2, 0) is 16.0 Å². The van der Waals surface area contributed by atoms with E-state index >= 15 is 0 Å². The van der Waals surface area contributed by atoms with Crippen LogP contribution < -0.4 is 15.9 Å². The molecular formula is C26H25O2PS. The molecule has 4 aromatic rings. The quantitative estimate of drug-likeness (QED) is 0.426. The molecule has 0 N–H and O–H groups in total. The summed E-state index contributed by atoms with van der Waals surface area (Å²) in [5, 5.41) is 3.81. The van der Waals surface area contributed by atoms with E-state index in [9.17, 15) is 8.42 Å². The molecule has 0 aliphatic rings. The van der Waals surface area contributed by atoms with Crippen LogP contribution in [0.3, 0.4) is 0 Å². The van der Waals surface area contributed by atoms with Gasteiger partial charge in [0, 0.05) is 0 Å². The minimum atomic E-state index is -3.33. The number of hydrogen-bond donors (Lipinski definition) is 0. The van der Waals surface area contributed by atoms with Gasteiger partial charge in [-0.2, -0.15) is 0 Å². The second-order valence-electron chi connectivity index (χ2n) is 7.56. The molecule has 152 valence electrons. The maximum atomic E-state index is 12.6. The molecule has 4 rings (SSSR count). The zero-order chi connectivity index (χ0) is 21.0. The van der Waals surface area contributed by atoms with Gasteiger partial charge >= 0.3 is 180 Å². The van der Waals surface area contributed by atoms with E-state index in [1.165, 1.54) is 22.2 Å². The summed E-state index contributed by atoms with van der Waals surface area (Å²) in [7, 11) is -5.87. The third-order valence-corrected chi connectivity index (χ3v) is 11.7. The first-order valence-electron chi connectivity index (χ1n) is 9.96. The number of benzene rings is 4. The first-order chi connectivity index (χ1) is 14.5. The molecule has 0 aromatic heterocycles. The average molecular weight is 433 g/mol. The monoisotopic (exact) mass is 432 g/mol. The molecule has 30 heavy (non-hydrogen) atoms. The van der Waals surface area contributed by atoms with Gasteiger partial charge < -0.3 is 0 Å². The predicted molar refractivity (Wildman–Crippen MR) is 130 cm³/mol. The molecule has 0 spiro atoms. The van der Waals surface area contributed by atoms with E-state index in [0.29, 0.717) is 11.1 Å². The second-order valence-corrected chi connectivity index (χ2v) is 13.4. The van der Waals surface area contributed by atoms with Gasteiger partial charge in [0.1, 0.15) is 0 Å². The first-order valence-corrected chi connectivity index (χ1v) is 14.1. The van der Waals surface area contributed by atoms with Crippen molar-refractivity contribution in [3.05, 3.63) is 121 Å². The molecule has 0 aliphatic heterocycles. The molecule has 0 fully saturated rings. The number of hydrogen-bond acceptors (Lipinski definition) is 2. The Morgan fingerprint density at radius 3 is 1.33 bits per heavy atom. The predicted octanol–water partition coefficient (Wildman–Crippen LogP) is 4.32. The van der Waals surface area contributed by atoms with Crippen molar-refractivity contribution in [2.45, 2.75) is 11.1 Å².